The molecule has 1 aliphatic carbocycles. The van der Waals surface area contributed by atoms with E-state index in [0.29, 0.717) is 19.3 Å². The van der Waals surface area contributed by atoms with Crippen molar-refractivity contribution in [1.29, 1.82) is 0 Å². The van der Waals surface area contributed by atoms with Crippen LogP contribution in [0, 0.1) is 5.92 Å². The predicted octanol–water partition coefficient (Wildman–Crippen LogP) is 4.24. The van der Waals surface area contributed by atoms with Gasteiger partial charge in [0.15, 0.2) is 0 Å². The van der Waals surface area contributed by atoms with Gasteiger partial charge in [-0.05, 0) is 25.2 Å². The molecule has 0 aromatic rings. The maximum atomic E-state index is 12.8. The number of halogens is 3. The fraction of sp³-hybridized carbons (Fsp3) is 1.00. The zero-order valence-corrected chi connectivity index (χ0v) is 12.0. The van der Waals surface area contributed by atoms with Crippen LogP contribution in [0.3, 0.4) is 0 Å². The van der Waals surface area contributed by atoms with Gasteiger partial charge >= 0.3 is 13.8 Å². The Morgan fingerprint density at radius 2 is 1.68 bits per heavy atom. The summed E-state index contributed by atoms with van der Waals surface area (Å²) in [4.78, 5) is 19.2. The summed E-state index contributed by atoms with van der Waals surface area (Å²) in [6.45, 7) is 1.67. The fourth-order valence-electron chi connectivity index (χ4n) is 3.34. The van der Waals surface area contributed by atoms with Crippen molar-refractivity contribution in [3.05, 3.63) is 0 Å². The molecule has 0 spiro atoms. The molecule has 1 unspecified atom stereocenters. The second-order valence-corrected chi connectivity index (χ2v) is 7.50. The Balaban J connectivity index is 3.14. The lowest BCUT2D eigenvalue weighted by Gasteiger charge is -2.43. The average molecular weight is 302 g/mol. The molecule has 1 saturated carbocycles. The lowest BCUT2D eigenvalue weighted by molar-refractivity contribution is -0.148. The molecule has 0 heterocycles. The van der Waals surface area contributed by atoms with E-state index in [2.05, 4.69) is 0 Å². The lowest BCUT2D eigenvalue weighted by Crippen LogP contribution is -2.43. The van der Waals surface area contributed by atoms with E-state index in [-0.39, 0.29) is 6.42 Å². The van der Waals surface area contributed by atoms with E-state index in [1.54, 1.807) is 6.92 Å². The Hall–Kier alpha value is -0.0600. The van der Waals surface area contributed by atoms with E-state index in [0.717, 1.165) is 19.3 Å². The van der Waals surface area contributed by atoms with Crippen LogP contribution in [-0.2, 0) is 4.57 Å². The van der Waals surface area contributed by atoms with Crippen LogP contribution >= 0.6 is 7.60 Å². The van der Waals surface area contributed by atoms with Gasteiger partial charge in [0, 0.05) is 0 Å². The minimum atomic E-state index is -4.81. The predicted molar refractivity (Wildman–Crippen MR) is 66.9 cm³/mol. The Kier molecular flexibility index (Phi) is 5.50. The highest BCUT2D eigenvalue weighted by Crippen LogP contribution is 2.63. The topological polar surface area (TPSA) is 57.5 Å². The Morgan fingerprint density at radius 1 is 1.16 bits per heavy atom. The smallest absolute Gasteiger partial charge is 0.324 e. The Morgan fingerprint density at radius 3 is 2.05 bits per heavy atom. The number of hydrogen-bond donors (Lipinski definition) is 2. The van der Waals surface area contributed by atoms with E-state index in [4.69, 9.17) is 0 Å². The van der Waals surface area contributed by atoms with Crippen molar-refractivity contribution < 1.29 is 27.5 Å². The summed E-state index contributed by atoms with van der Waals surface area (Å²) in [5.74, 6) is -0.524. The van der Waals surface area contributed by atoms with Gasteiger partial charge in [-0.1, -0.05) is 32.6 Å². The molecule has 0 aromatic heterocycles. The standard InChI is InChI=1S/C12H22F3O3P/c1-2-8-11(19(16,17)18,9-12(13,14)15)10-6-4-3-5-7-10/h10H,2-9H2,1H3,(H2,16,17,18). The maximum Gasteiger partial charge on any atom is 0.390 e. The molecule has 0 bridgehead atoms. The summed E-state index contributed by atoms with van der Waals surface area (Å²) >= 11 is 0. The molecule has 1 fully saturated rings. The molecule has 7 heteroatoms. The zero-order chi connectivity index (χ0) is 14.7. The maximum absolute atomic E-state index is 12.8. The van der Waals surface area contributed by atoms with Crippen molar-refractivity contribution in [2.45, 2.75) is 69.6 Å². The molecule has 0 amide bonds. The van der Waals surface area contributed by atoms with Gasteiger partial charge in [-0.3, -0.25) is 4.57 Å². The molecule has 2 N–H and O–H groups in total. The van der Waals surface area contributed by atoms with Gasteiger partial charge in [-0.25, -0.2) is 0 Å². The van der Waals surface area contributed by atoms with Crippen molar-refractivity contribution in [3.63, 3.8) is 0 Å². The zero-order valence-electron chi connectivity index (χ0n) is 11.1. The van der Waals surface area contributed by atoms with Crippen molar-refractivity contribution in [2.75, 3.05) is 0 Å². The van der Waals surface area contributed by atoms with Gasteiger partial charge in [0.05, 0.1) is 11.6 Å². The summed E-state index contributed by atoms with van der Waals surface area (Å²) < 4.78 is 50.3. The SMILES string of the molecule is CCCC(CC(F)(F)F)(C1CCCCC1)P(=O)(O)O. The molecule has 0 aliphatic heterocycles. The molecular weight excluding hydrogens is 280 g/mol. The summed E-state index contributed by atoms with van der Waals surface area (Å²) in [6, 6.07) is 0. The first-order valence-electron chi connectivity index (χ1n) is 6.75. The van der Waals surface area contributed by atoms with E-state index in [9.17, 15) is 27.5 Å². The first-order valence-corrected chi connectivity index (χ1v) is 8.36. The van der Waals surface area contributed by atoms with E-state index < -0.39 is 31.3 Å². The normalized spacial score (nSPS) is 22.2. The number of rotatable bonds is 5. The van der Waals surface area contributed by atoms with Crippen LogP contribution in [0.25, 0.3) is 0 Å². The average Bonchev–Trinajstić information content (AvgIpc) is 2.26. The highest BCUT2D eigenvalue weighted by Gasteiger charge is 2.56. The third-order valence-corrected chi connectivity index (χ3v) is 6.04. The van der Waals surface area contributed by atoms with Crippen LogP contribution in [0.4, 0.5) is 13.2 Å². The molecule has 1 aliphatic rings. The minimum Gasteiger partial charge on any atom is -0.324 e. The first kappa shape index (κ1) is 17.0. The van der Waals surface area contributed by atoms with Crippen molar-refractivity contribution in [3.8, 4) is 0 Å². The molecule has 3 nitrogen and oxygen atoms in total. The molecule has 19 heavy (non-hydrogen) atoms. The van der Waals surface area contributed by atoms with Crippen LogP contribution in [0.5, 0.6) is 0 Å². The minimum absolute atomic E-state index is 0.0680. The highest BCUT2D eigenvalue weighted by molar-refractivity contribution is 7.53. The van der Waals surface area contributed by atoms with Gasteiger partial charge in [0.1, 0.15) is 0 Å². The molecule has 0 aromatic carbocycles. The van der Waals surface area contributed by atoms with Crippen molar-refractivity contribution in [1.82, 2.24) is 0 Å². The summed E-state index contributed by atoms with van der Waals surface area (Å²) in [6.07, 6.45) is -2.22. The second-order valence-electron chi connectivity index (χ2n) is 5.52. The van der Waals surface area contributed by atoms with Gasteiger partial charge in [-0.15, -0.1) is 0 Å². The number of alkyl halides is 3. The molecule has 1 atom stereocenters. The van der Waals surface area contributed by atoms with Gasteiger partial charge in [-0.2, -0.15) is 13.2 Å². The summed E-state index contributed by atoms with van der Waals surface area (Å²) in [5, 5.41) is -1.92. The monoisotopic (exact) mass is 302 g/mol. The third kappa shape index (κ3) is 4.20. The van der Waals surface area contributed by atoms with Gasteiger partial charge < -0.3 is 9.79 Å². The second kappa shape index (κ2) is 6.15. The third-order valence-electron chi connectivity index (χ3n) is 4.13. The van der Waals surface area contributed by atoms with Crippen LogP contribution in [-0.4, -0.2) is 21.1 Å². The van der Waals surface area contributed by atoms with E-state index in [1.165, 1.54) is 0 Å². The van der Waals surface area contributed by atoms with Crippen LogP contribution in [0.1, 0.15) is 58.3 Å². The van der Waals surface area contributed by atoms with Gasteiger partial charge in [0.2, 0.25) is 0 Å². The first-order chi connectivity index (χ1) is 8.62. The number of hydrogen-bond acceptors (Lipinski definition) is 1. The molecule has 1 rings (SSSR count). The van der Waals surface area contributed by atoms with Crippen molar-refractivity contribution in [2.24, 2.45) is 5.92 Å². The molecule has 114 valence electrons. The van der Waals surface area contributed by atoms with E-state index in [1.807, 2.05) is 0 Å². The lowest BCUT2D eigenvalue weighted by atomic mass is 9.75. The fourth-order valence-corrected chi connectivity index (χ4v) is 4.98. The van der Waals surface area contributed by atoms with E-state index >= 15 is 0 Å². The quantitative estimate of drug-likeness (QED) is 0.747. The van der Waals surface area contributed by atoms with Crippen LogP contribution in [0.15, 0.2) is 0 Å². The summed E-state index contributed by atoms with van der Waals surface area (Å²) in [5.41, 5.74) is 0. The Labute approximate surface area is 111 Å². The highest BCUT2D eigenvalue weighted by atomic mass is 31.2. The molecular formula is C12H22F3O3P. The molecule has 0 saturated heterocycles. The van der Waals surface area contributed by atoms with Crippen LogP contribution < -0.4 is 0 Å². The van der Waals surface area contributed by atoms with Crippen molar-refractivity contribution >= 4 is 7.60 Å². The summed E-state index contributed by atoms with van der Waals surface area (Å²) in [7, 11) is -4.81. The van der Waals surface area contributed by atoms with Gasteiger partial charge in [0.25, 0.3) is 0 Å². The Bertz CT molecular complexity index is 334. The largest absolute Gasteiger partial charge is 0.390 e. The van der Waals surface area contributed by atoms with Crippen LogP contribution in [0.2, 0.25) is 0 Å². The molecule has 0 radical (unpaired) electrons.